The Balaban J connectivity index is 1.48. The molecule has 1 saturated heterocycles. The summed E-state index contributed by atoms with van der Waals surface area (Å²) in [6.07, 6.45) is 12.8. The third-order valence-corrected chi connectivity index (χ3v) is 5.94. The minimum atomic E-state index is -0.00711. The number of hydrogen-bond donors (Lipinski definition) is 0. The first-order valence-electron chi connectivity index (χ1n) is 10.0. The topological polar surface area (TPSA) is 51.0 Å². The fraction of sp³-hybridized carbons (Fsp3) is 0.571. The quantitative estimate of drug-likeness (QED) is 0.828. The predicted molar refractivity (Wildman–Crippen MR) is 103 cm³/mol. The van der Waals surface area contributed by atoms with Crippen LogP contribution in [0.15, 0.2) is 41.5 Å². The molecule has 2 aromatic rings. The van der Waals surface area contributed by atoms with Gasteiger partial charge in [0.1, 0.15) is 0 Å². The highest BCUT2D eigenvalue weighted by Crippen LogP contribution is 2.28. The van der Waals surface area contributed by atoms with Crippen molar-refractivity contribution < 1.29 is 0 Å². The molecule has 0 amide bonds. The molecule has 0 spiro atoms. The molecular weight excluding hydrogens is 324 g/mol. The first-order chi connectivity index (χ1) is 12.8. The van der Waals surface area contributed by atoms with Crippen molar-refractivity contribution in [3.05, 3.63) is 47.0 Å². The van der Waals surface area contributed by atoms with E-state index in [0.717, 1.165) is 17.2 Å². The van der Waals surface area contributed by atoms with Crippen LogP contribution in [0.1, 0.15) is 44.9 Å². The number of aromatic nitrogens is 3. The van der Waals surface area contributed by atoms with Gasteiger partial charge in [-0.15, -0.1) is 0 Å². The Kier molecular flexibility index (Phi) is 5.44. The number of nitrogens with zero attached hydrogens (tertiary/aromatic N) is 4. The molecule has 1 aliphatic heterocycles. The van der Waals surface area contributed by atoms with Crippen LogP contribution in [0.5, 0.6) is 0 Å². The van der Waals surface area contributed by atoms with Crippen LogP contribution in [0.4, 0.5) is 0 Å². The van der Waals surface area contributed by atoms with Gasteiger partial charge in [0.15, 0.2) is 0 Å². The lowest BCUT2D eigenvalue weighted by Crippen LogP contribution is -2.39. The smallest absolute Gasteiger partial charge is 0.266 e. The highest BCUT2D eigenvalue weighted by Gasteiger charge is 2.28. The summed E-state index contributed by atoms with van der Waals surface area (Å²) in [6, 6.07) is 7.76. The van der Waals surface area contributed by atoms with Gasteiger partial charge in [-0.2, -0.15) is 5.10 Å². The first-order valence-corrected chi connectivity index (χ1v) is 10.0. The van der Waals surface area contributed by atoms with Gasteiger partial charge in [-0.05, 0) is 56.3 Å². The number of rotatable bonds is 5. The predicted octanol–water partition coefficient (Wildman–Crippen LogP) is 3.35. The summed E-state index contributed by atoms with van der Waals surface area (Å²) >= 11 is 0. The summed E-state index contributed by atoms with van der Waals surface area (Å²) in [6.45, 7) is 3.06. The molecule has 3 heterocycles. The summed E-state index contributed by atoms with van der Waals surface area (Å²) in [7, 11) is 0. The summed E-state index contributed by atoms with van der Waals surface area (Å²) in [5.74, 6) is 0.845. The standard InChI is InChI=1S/C21H28N4O/c26-21-9-8-20(18-10-12-22-13-11-18)23-25(21)16-19-7-4-14-24(19)15-17-5-2-1-3-6-17/h8-13,17,19H,1-7,14-16H2. The maximum atomic E-state index is 12.4. The fourth-order valence-corrected chi connectivity index (χ4v) is 4.50. The molecule has 1 atom stereocenters. The van der Waals surface area contributed by atoms with E-state index in [1.165, 1.54) is 58.0 Å². The second-order valence-electron chi connectivity index (χ2n) is 7.77. The summed E-state index contributed by atoms with van der Waals surface area (Å²) < 4.78 is 1.67. The molecule has 2 aromatic heterocycles. The van der Waals surface area contributed by atoms with Crippen molar-refractivity contribution in [3.8, 4) is 11.3 Å². The molecule has 1 aliphatic carbocycles. The van der Waals surface area contributed by atoms with Crippen molar-refractivity contribution in [1.82, 2.24) is 19.7 Å². The van der Waals surface area contributed by atoms with E-state index < -0.39 is 0 Å². The third kappa shape index (κ3) is 4.04. The molecule has 0 aromatic carbocycles. The van der Waals surface area contributed by atoms with E-state index in [2.05, 4.69) is 15.0 Å². The average Bonchev–Trinajstić information content (AvgIpc) is 3.12. The zero-order valence-electron chi connectivity index (χ0n) is 15.4. The van der Waals surface area contributed by atoms with E-state index in [0.29, 0.717) is 12.6 Å². The number of likely N-dealkylation sites (tertiary alicyclic amines) is 1. The van der Waals surface area contributed by atoms with Gasteiger partial charge in [0.2, 0.25) is 0 Å². The van der Waals surface area contributed by atoms with E-state index in [1.54, 1.807) is 23.1 Å². The Morgan fingerprint density at radius 3 is 2.54 bits per heavy atom. The maximum absolute atomic E-state index is 12.4. The van der Waals surface area contributed by atoms with Crippen molar-refractivity contribution in [3.63, 3.8) is 0 Å². The van der Waals surface area contributed by atoms with Gasteiger partial charge in [0, 0.05) is 36.6 Å². The molecular formula is C21H28N4O. The van der Waals surface area contributed by atoms with Gasteiger partial charge in [0.05, 0.1) is 12.2 Å². The Labute approximate surface area is 155 Å². The van der Waals surface area contributed by atoms with Gasteiger partial charge in [-0.1, -0.05) is 19.3 Å². The Morgan fingerprint density at radius 1 is 0.923 bits per heavy atom. The van der Waals surface area contributed by atoms with E-state index in [4.69, 9.17) is 0 Å². The van der Waals surface area contributed by atoms with Crippen molar-refractivity contribution >= 4 is 0 Å². The summed E-state index contributed by atoms with van der Waals surface area (Å²) in [5.41, 5.74) is 1.83. The molecule has 1 unspecified atom stereocenters. The van der Waals surface area contributed by atoms with E-state index in [9.17, 15) is 4.79 Å². The molecule has 0 bridgehead atoms. The van der Waals surface area contributed by atoms with Gasteiger partial charge in [-0.3, -0.25) is 14.7 Å². The largest absolute Gasteiger partial charge is 0.298 e. The van der Waals surface area contributed by atoms with Crippen molar-refractivity contribution in [1.29, 1.82) is 0 Å². The monoisotopic (exact) mass is 352 g/mol. The number of hydrogen-bond acceptors (Lipinski definition) is 4. The van der Waals surface area contributed by atoms with Gasteiger partial charge < -0.3 is 0 Å². The SMILES string of the molecule is O=c1ccc(-c2ccncc2)nn1CC1CCCN1CC1CCCCC1. The molecule has 0 radical (unpaired) electrons. The minimum absolute atomic E-state index is 0.00711. The lowest BCUT2D eigenvalue weighted by atomic mass is 9.89. The Bertz CT molecular complexity index is 767. The Morgan fingerprint density at radius 2 is 1.73 bits per heavy atom. The highest BCUT2D eigenvalue weighted by molar-refractivity contribution is 5.56. The molecule has 2 fully saturated rings. The lowest BCUT2D eigenvalue weighted by Gasteiger charge is -2.31. The molecule has 2 aliphatic rings. The van der Waals surface area contributed by atoms with Crippen LogP contribution in [0.2, 0.25) is 0 Å². The van der Waals surface area contributed by atoms with Gasteiger partial charge in [0.25, 0.3) is 5.56 Å². The molecule has 5 heteroatoms. The van der Waals surface area contributed by atoms with Crippen molar-refractivity contribution in [2.75, 3.05) is 13.1 Å². The molecule has 0 N–H and O–H groups in total. The third-order valence-electron chi connectivity index (χ3n) is 5.94. The Hall–Kier alpha value is -2.01. The maximum Gasteiger partial charge on any atom is 0.266 e. The van der Waals surface area contributed by atoms with Crippen LogP contribution in [0.3, 0.4) is 0 Å². The minimum Gasteiger partial charge on any atom is -0.298 e. The van der Waals surface area contributed by atoms with Crippen molar-refractivity contribution in [2.24, 2.45) is 5.92 Å². The van der Waals surface area contributed by atoms with Crippen LogP contribution in [-0.2, 0) is 6.54 Å². The fourth-order valence-electron chi connectivity index (χ4n) is 4.50. The van der Waals surface area contributed by atoms with Crippen LogP contribution >= 0.6 is 0 Å². The van der Waals surface area contributed by atoms with Crippen molar-refractivity contribution in [2.45, 2.75) is 57.5 Å². The second-order valence-corrected chi connectivity index (χ2v) is 7.77. The number of pyridine rings is 1. The van der Waals surface area contributed by atoms with E-state index in [-0.39, 0.29) is 5.56 Å². The summed E-state index contributed by atoms with van der Waals surface area (Å²) in [5, 5.41) is 4.64. The van der Waals surface area contributed by atoms with Crippen LogP contribution in [0.25, 0.3) is 11.3 Å². The van der Waals surface area contributed by atoms with E-state index in [1.807, 2.05) is 18.2 Å². The molecule has 4 rings (SSSR count). The van der Waals surface area contributed by atoms with Gasteiger partial charge in [-0.25, -0.2) is 4.68 Å². The van der Waals surface area contributed by atoms with Crippen LogP contribution in [0, 0.1) is 5.92 Å². The lowest BCUT2D eigenvalue weighted by molar-refractivity contribution is 0.171. The normalized spacial score (nSPS) is 21.9. The van der Waals surface area contributed by atoms with Crippen LogP contribution in [-0.4, -0.2) is 38.8 Å². The zero-order valence-corrected chi connectivity index (χ0v) is 15.4. The molecule has 5 nitrogen and oxygen atoms in total. The molecule has 138 valence electrons. The second kappa shape index (κ2) is 8.12. The molecule has 26 heavy (non-hydrogen) atoms. The first kappa shape index (κ1) is 17.4. The highest BCUT2D eigenvalue weighted by atomic mass is 16.1. The average molecular weight is 352 g/mol. The molecule has 1 saturated carbocycles. The summed E-state index contributed by atoms with van der Waals surface area (Å²) in [4.78, 5) is 19.0. The zero-order chi connectivity index (χ0) is 17.8. The van der Waals surface area contributed by atoms with Gasteiger partial charge >= 0.3 is 0 Å². The van der Waals surface area contributed by atoms with Crippen LogP contribution < -0.4 is 5.56 Å². The van der Waals surface area contributed by atoms with E-state index >= 15 is 0 Å².